The van der Waals surface area contributed by atoms with E-state index < -0.39 is 0 Å². The molecule has 0 aromatic carbocycles. The van der Waals surface area contributed by atoms with Gasteiger partial charge in [-0.05, 0) is 31.9 Å². The van der Waals surface area contributed by atoms with Crippen LogP contribution in [0.2, 0.25) is 0 Å². The van der Waals surface area contributed by atoms with Gasteiger partial charge in [0.15, 0.2) is 5.78 Å². The molecule has 0 saturated heterocycles. The lowest BCUT2D eigenvalue weighted by molar-refractivity contribution is 0.0593. The maximum atomic E-state index is 12.7. The summed E-state index contributed by atoms with van der Waals surface area (Å²) < 4.78 is 10.5. The molecular formula is C17H25NO3. The van der Waals surface area contributed by atoms with Gasteiger partial charge in [0.25, 0.3) is 0 Å². The Morgan fingerprint density at radius 2 is 2.00 bits per heavy atom. The second-order valence-corrected chi connectivity index (χ2v) is 5.69. The number of rotatable bonds is 7. The van der Waals surface area contributed by atoms with Crippen LogP contribution in [-0.2, 0) is 16.1 Å². The Morgan fingerprint density at radius 3 is 2.71 bits per heavy atom. The van der Waals surface area contributed by atoms with Gasteiger partial charge >= 0.3 is 0 Å². The summed E-state index contributed by atoms with van der Waals surface area (Å²) in [5, 5.41) is 0. The number of carbonyl (C=O) groups excluding carboxylic acids is 1. The third-order valence-corrected chi connectivity index (χ3v) is 4.03. The molecule has 0 unspecified atom stereocenters. The summed E-state index contributed by atoms with van der Waals surface area (Å²) in [6.45, 7) is 3.38. The number of aromatic nitrogens is 1. The Balaban J connectivity index is 2.07. The van der Waals surface area contributed by atoms with Crippen molar-refractivity contribution in [2.75, 3.05) is 20.3 Å². The Kier molecular flexibility index (Phi) is 6.33. The zero-order valence-electron chi connectivity index (χ0n) is 13.1. The van der Waals surface area contributed by atoms with Gasteiger partial charge in [-0.1, -0.05) is 19.3 Å². The fourth-order valence-corrected chi connectivity index (χ4v) is 2.84. The Labute approximate surface area is 126 Å². The Bertz CT molecular complexity index is 467. The van der Waals surface area contributed by atoms with Gasteiger partial charge < -0.3 is 9.47 Å². The smallest absolute Gasteiger partial charge is 0.167 e. The maximum absolute atomic E-state index is 12.7. The van der Waals surface area contributed by atoms with Crippen LogP contribution in [0.15, 0.2) is 12.1 Å². The molecule has 2 rings (SSSR count). The lowest BCUT2D eigenvalue weighted by atomic mass is 9.83. The molecule has 0 N–H and O–H groups in total. The summed E-state index contributed by atoms with van der Waals surface area (Å²) in [5.74, 6) is 0.411. The van der Waals surface area contributed by atoms with Crippen molar-refractivity contribution in [1.82, 2.24) is 4.98 Å². The Morgan fingerprint density at radius 1 is 1.24 bits per heavy atom. The molecule has 0 atom stereocenters. The summed E-state index contributed by atoms with van der Waals surface area (Å²) in [7, 11) is 1.65. The van der Waals surface area contributed by atoms with Gasteiger partial charge in [0.2, 0.25) is 0 Å². The highest BCUT2D eigenvalue weighted by atomic mass is 16.5. The van der Waals surface area contributed by atoms with Crippen LogP contribution in [0.1, 0.15) is 53.8 Å². The van der Waals surface area contributed by atoms with E-state index in [1.807, 2.05) is 19.1 Å². The number of methoxy groups -OCH3 is 1. The van der Waals surface area contributed by atoms with E-state index in [9.17, 15) is 4.79 Å². The van der Waals surface area contributed by atoms with Crippen molar-refractivity contribution in [2.24, 2.45) is 5.92 Å². The molecule has 1 aromatic heterocycles. The molecule has 1 fully saturated rings. The highest BCUT2D eigenvalue weighted by Gasteiger charge is 2.24. The summed E-state index contributed by atoms with van der Waals surface area (Å²) in [6, 6.07) is 3.82. The molecule has 1 saturated carbocycles. The fourth-order valence-electron chi connectivity index (χ4n) is 2.84. The first-order chi connectivity index (χ1) is 10.2. The minimum Gasteiger partial charge on any atom is -0.382 e. The molecule has 4 heteroatoms. The van der Waals surface area contributed by atoms with Gasteiger partial charge in [0.1, 0.15) is 0 Å². The molecule has 116 valence electrons. The summed E-state index contributed by atoms with van der Waals surface area (Å²) in [6.07, 6.45) is 5.60. The van der Waals surface area contributed by atoms with E-state index in [4.69, 9.17) is 9.47 Å². The molecule has 0 amide bonds. The molecular weight excluding hydrogens is 266 g/mol. The number of hydrogen-bond donors (Lipinski definition) is 0. The molecule has 1 aliphatic carbocycles. The van der Waals surface area contributed by atoms with Gasteiger partial charge in [0.05, 0.1) is 25.5 Å². The van der Waals surface area contributed by atoms with Gasteiger partial charge in [-0.2, -0.15) is 0 Å². The lowest BCUT2D eigenvalue weighted by Crippen LogP contribution is -2.20. The van der Waals surface area contributed by atoms with Crippen molar-refractivity contribution in [1.29, 1.82) is 0 Å². The average Bonchev–Trinajstić information content (AvgIpc) is 2.52. The zero-order chi connectivity index (χ0) is 15.1. The van der Waals surface area contributed by atoms with Crippen molar-refractivity contribution in [3.8, 4) is 0 Å². The first kappa shape index (κ1) is 16.1. The molecule has 0 spiro atoms. The van der Waals surface area contributed by atoms with E-state index >= 15 is 0 Å². The Hall–Kier alpha value is -1.26. The number of pyridine rings is 1. The first-order valence-corrected chi connectivity index (χ1v) is 7.80. The number of nitrogens with zero attached hydrogens (tertiary/aromatic N) is 1. The topological polar surface area (TPSA) is 48.4 Å². The van der Waals surface area contributed by atoms with Gasteiger partial charge in [-0.25, -0.2) is 0 Å². The number of Topliss-reactive ketones (excluding diaryl/α,β-unsaturated/α-hetero) is 1. The molecule has 0 bridgehead atoms. The quantitative estimate of drug-likeness (QED) is 0.571. The van der Waals surface area contributed by atoms with E-state index in [-0.39, 0.29) is 11.7 Å². The van der Waals surface area contributed by atoms with Crippen LogP contribution in [0.25, 0.3) is 0 Å². The number of ketones is 1. The van der Waals surface area contributed by atoms with Crippen molar-refractivity contribution < 1.29 is 14.3 Å². The van der Waals surface area contributed by atoms with E-state index in [2.05, 4.69) is 4.98 Å². The van der Waals surface area contributed by atoms with Crippen molar-refractivity contribution >= 4 is 5.78 Å². The largest absolute Gasteiger partial charge is 0.382 e. The van der Waals surface area contributed by atoms with Crippen LogP contribution in [0, 0.1) is 12.8 Å². The second-order valence-electron chi connectivity index (χ2n) is 5.69. The van der Waals surface area contributed by atoms with Crippen LogP contribution in [0.3, 0.4) is 0 Å². The highest BCUT2D eigenvalue weighted by Crippen LogP contribution is 2.27. The highest BCUT2D eigenvalue weighted by molar-refractivity contribution is 5.98. The third-order valence-electron chi connectivity index (χ3n) is 4.03. The summed E-state index contributed by atoms with van der Waals surface area (Å²) in [4.78, 5) is 17.2. The molecule has 0 aliphatic heterocycles. The molecule has 21 heavy (non-hydrogen) atoms. The minimum absolute atomic E-state index is 0.168. The zero-order valence-corrected chi connectivity index (χ0v) is 13.1. The first-order valence-electron chi connectivity index (χ1n) is 7.80. The van der Waals surface area contributed by atoms with E-state index in [1.165, 1.54) is 6.42 Å². The molecule has 0 radical (unpaired) electrons. The maximum Gasteiger partial charge on any atom is 0.167 e. The predicted molar refractivity (Wildman–Crippen MR) is 81.4 cm³/mol. The van der Waals surface area contributed by atoms with Gasteiger partial charge in [0, 0.05) is 24.3 Å². The summed E-state index contributed by atoms with van der Waals surface area (Å²) >= 11 is 0. The van der Waals surface area contributed by atoms with Crippen LogP contribution in [-0.4, -0.2) is 31.1 Å². The monoisotopic (exact) mass is 291 g/mol. The normalized spacial score (nSPS) is 16.1. The van der Waals surface area contributed by atoms with E-state index in [0.29, 0.717) is 19.8 Å². The molecule has 4 nitrogen and oxygen atoms in total. The van der Waals surface area contributed by atoms with Crippen molar-refractivity contribution in [3.63, 3.8) is 0 Å². The number of aryl methyl sites for hydroxylation is 1. The lowest BCUT2D eigenvalue weighted by Gasteiger charge is -2.21. The number of carbonyl (C=O) groups is 1. The van der Waals surface area contributed by atoms with E-state index in [0.717, 1.165) is 42.6 Å². The fraction of sp³-hybridized carbons (Fsp3) is 0.647. The predicted octanol–water partition coefficient (Wildman–Crippen LogP) is 3.32. The third kappa shape index (κ3) is 4.61. The van der Waals surface area contributed by atoms with Crippen molar-refractivity contribution in [3.05, 3.63) is 29.1 Å². The number of ether oxygens (including phenoxy) is 2. The van der Waals surface area contributed by atoms with Gasteiger partial charge in [-0.3, -0.25) is 9.78 Å². The van der Waals surface area contributed by atoms with Crippen molar-refractivity contribution in [2.45, 2.75) is 45.6 Å². The van der Waals surface area contributed by atoms with Crippen LogP contribution >= 0.6 is 0 Å². The standard InChI is InChI=1S/C17H25NO3/c1-13-8-9-15(16(18-13)12-21-11-10-20-2)17(19)14-6-4-3-5-7-14/h8-9,14H,3-7,10-12H2,1-2H3. The number of hydrogen-bond acceptors (Lipinski definition) is 4. The minimum atomic E-state index is 0.168. The molecule has 1 heterocycles. The molecule has 1 aromatic rings. The van der Waals surface area contributed by atoms with Crippen LogP contribution in [0.5, 0.6) is 0 Å². The second kappa shape index (κ2) is 8.25. The van der Waals surface area contributed by atoms with Crippen LogP contribution in [0.4, 0.5) is 0 Å². The summed E-state index contributed by atoms with van der Waals surface area (Å²) in [5.41, 5.74) is 2.42. The van der Waals surface area contributed by atoms with Crippen LogP contribution < -0.4 is 0 Å². The SMILES string of the molecule is COCCOCc1nc(C)ccc1C(=O)C1CCCCC1. The van der Waals surface area contributed by atoms with Gasteiger partial charge in [-0.15, -0.1) is 0 Å². The molecule has 1 aliphatic rings. The van der Waals surface area contributed by atoms with E-state index in [1.54, 1.807) is 7.11 Å². The average molecular weight is 291 g/mol.